The molecular weight excluding hydrogens is 480 g/mol. The van der Waals surface area contributed by atoms with Crippen LogP contribution in [0, 0.1) is 0 Å². The van der Waals surface area contributed by atoms with Crippen molar-refractivity contribution in [3.8, 4) is 0 Å². The number of rotatable bonds is 12. The summed E-state index contributed by atoms with van der Waals surface area (Å²) in [5.74, 6) is -4.48. The van der Waals surface area contributed by atoms with E-state index in [1.807, 2.05) is 0 Å². The van der Waals surface area contributed by atoms with Crippen LogP contribution < -0.4 is 21.7 Å². The summed E-state index contributed by atoms with van der Waals surface area (Å²) in [5.41, 5.74) is 5.74. The number of hydrogen-bond acceptors (Lipinski definition) is 12. The molecule has 9 N–H and O–H groups in total. The van der Waals surface area contributed by atoms with Crippen LogP contribution in [0.1, 0.15) is 19.8 Å². The number of carboxylic acids is 1. The third-order valence-corrected chi connectivity index (χ3v) is 5.08. The molecule has 0 saturated carbocycles. The molecule has 0 spiro atoms. The molecule has 1 saturated heterocycles. The van der Waals surface area contributed by atoms with Crippen LogP contribution in [0.4, 0.5) is 0 Å². The molecule has 194 valence electrons. The van der Waals surface area contributed by atoms with Gasteiger partial charge in [-0.25, -0.2) is 0 Å². The Labute approximate surface area is 199 Å². The molecule has 7 atom stereocenters. The first-order valence-electron chi connectivity index (χ1n) is 10.2. The number of carbonyl (C=O) groups is 5. The van der Waals surface area contributed by atoms with Crippen molar-refractivity contribution in [1.29, 1.82) is 0 Å². The van der Waals surface area contributed by atoms with E-state index in [1.54, 1.807) is 0 Å². The molecule has 3 amide bonds. The number of carboxylic acid groups (broad SMARTS) is 1. The van der Waals surface area contributed by atoms with Gasteiger partial charge in [0.1, 0.15) is 43.0 Å². The van der Waals surface area contributed by atoms with Crippen molar-refractivity contribution in [3.05, 3.63) is 0 Å². The first-order chi connectivity index (χ1) is 15.9. The van der Waals surface area contributed by atoms with Gasteiger partial charge in [0.15, 0.2) is 0 Å². The van der Waals surface area contributed by atoms with Crippen LogP contribution in [0.3, 0.4) is 0 Å². The molecule has 0 radical (unpaired) electrons. The summed E-state index contributed by atoms with van der Waals surface area (Å²) in [6.45, 7) is -0.223. The maximum absolute atomic E-state index is 12.4. The molecule has 1 rings (SSSR count). The predicted octanol–water partition coefficient (Wildman–Crippen LogP) is -4.80. The number of aliphatic carboxylic acids is 1. The highest BCUT2D eigenvalue weighted by Crippen LogP contribution is 2.22. The average Bonchev–Trinajstić information content (AvgIpc) is 2.78. The topological polar surface area (TPSA) is 247 Å². The SMILES string of the molecule is CC(=O)N[C@H]1[C@H](OC(=O)[C@@H](N)CCC(=O)N[C@@H](CS)C(=O)NCC(=O)O)O[C@H](CO)[C@@H](O)[C@@H]1O. The van der Waals surface area contributed by atoms with Gasteiger partial charge in [-0.05, 0) is 6.42 Å². The fourth-order valence-electron chi connectivity index (χ4n) is 2.92. The number of hydrogen-bond donors (Lipinski definition) is 9. The Morgan fingerprint density at radius 2 is 1.82 bits per heavy atom. The Hall–Kier alpha value is -2.50. The summed E-state index contributed by atoms with van der Waals surface area (Å²) in [4.78, 5) is 58.2. The Bertz CT molecular complexity index is 755. The molecule has 0 unspecified atom stereocenters. The highest BCUT2D eigenvalue weighted by atomic mass is 32.1. The molecule has 0 aromatic heterocycles. The van der Waals surface area contributed by atoms with Crippen molar-refractivity contribution >= 4 is 42.3 Å². The van der Waals surface area contributed by atoms with E-state index in [-0.39, 0.29) is 18.6 Å². The highest BCUT2D eigenvalue weighted by molar-refractivity contribution is 7.80. The molecule has 1 heterocycles. The molecule has 0 aromatic carbocycles. The monoisotopic (exact) mass is 510 g/mol. The summed E-state index contributed by atoms with van der Waals surface area (Å²) < 4.78 is 10.4. The highest BCUT2D eigenvalue weighted by Gasteiger charge is 2.46. The molecular formula is C18H30N4O11S. The van der Waals surface area contributed by atoms with Gasteiger partial charge >= 0.3 is 11.9 Å². The fraction of sp³-hybridized carbons (Fsp3) is 0.722. The second kappa shape index (κ2) is 14.0. The van der Waals surface area contributed by atoms with Crippen LogP contribution in [-0.2, 0) is 33.4 Å². The van der Waals surface area contributed by atoms with Gasteiger partial charge in [0.25, 0.3) is 0 Å². The van der Waals surface area contributed by atoms with Gasteiger partial charge in [-0.1, -0.05) is 0 Å². The van der Waals surface area contributed by atoms with Gasteiger partial charge in [-0.2, -0.15) is 12.6 Å². The molecule has 1 aliphatic heterocycles. The van der Waals surface area contributed by atoms with E-state index >= 15 is 0 Å². The lowest BCUT2D eigenvalue weighted by molar-refractivity contribution is -0.264. The summed E-state index contributed by atoms with van der Waals surface area (Å²) in [7, 11) is 0. The third kappa shape index (κ3) is 9.03. The molecule has 0 bridgehead atoms. The maximum atomic E-state index is 12.4. The first-order valence-corrected chi connectivity index (χ1v) is 10.8. The number of nitrogens with one attached hydrogen (secondary N) is 3. The van der Waals surface area contributed by atoms with Crippen molar-refractivity contribution in [2.24, 2.45) is 5.73 Å². The number of ether oxygens (including phenoxy) is 2. The standard InChI is InChI=1S/C18H30N4O11S/c1-7(24)21-13-15(29)14(28)10(5-23)32-18(13)33-17(31)8(19)2-3-11(25)22-9(6-34)16(30)20-4-12(26)27/h8-10,13-15,18,23,28-29,34H,2-6,19H2,1H3,(H,20,30)(H,21,24)(H,22,25)(H,26,27)/t8-,9-,10+,13+,14+,15+,18-/m0/s1. The predicted molar refractivity (Wildman–Crippen MR) is 115 cm³/mol. The van der Waals surface area contributed by atoms with Crippen molar-refractivity contribution in [3.63, 3.8) is 0 Å². The van der Waals surface area contributed by atoms with E-state index in [0.29, 0.717) is 0 Å². The summed E-state index contributed by atoms with van der Waals surface area (Å²) >= 11 is 3.93. The third-order valence-electron chi connectivity index (χ3n) is 4.72. The normalized spacial score (nSPS) is 26.0. The van der Waals surface area contributed by atoms with Crippen LogP contribution in [0.15, 0.2) is 0 Å². The summed E-state index contributed by atoms with van der Waals surface area (Å²) in [6.07, 6.45) is -6.62. The minimum absolute atomic E-state index is 0.116. The largest absolute Gasteiger partial charge is 0.480 e. The Morgan fingerprint density at radius 3 is 2.35 bits per heavy atom. The van der Waals surface area contributed by atoms with E-state index in [1.165, 1.54) is 0 Å². The molecule has 15 nitrogen and oxygen atoms in total. The van der Waals surface area contributed by atoms with E-state index in [9.17, 15) is 39.3 Å². The van der Waals surface area contributed by atoms with Crippen LogP contribution in [0.2, 0.25) is 0 Å². The summed E-state index contributed by atoms with van der Waals surface area (Å²) in [6, 6.07) is -3.81. The summed E-state index contributed by atoms with van der Waals surface area (Å²) in [5, 5.41) is 44.8. The minimum atomic E-state index is -1.62. The number of esters is 1. The molecule has 34 heavy (non-hydrogen) atoms. The first kappa shape index (κ1) is 29.5. The van der Waals surface area contributed by atoms with Gasteiger partial charge in [0, 0.05) is 19.1 Å². The van der Waals surface area contributed by atoms with Gasteiger partial charge in [0.2, 0.25) is 24.0 Å². The van der Waals surface area contributed by atoms with Crippen molar-refractivity contribution in [2.45, 2.75) is 62.5 Å². The minimum Gasteiger partial charge on any atom is -0.480 e. The lowest BCUT2D eigenvalue weighted by Gasteiger charge is -2.41. The number of carbonyl (C=O) groups excluding carboxylic acids is 4. The number of amides is 3. The molecule has 1 fully saturated rings. The van der Waals surface area contributed by atoms with Crippen LogP contribution in [-0.4, -0.2) is 112 Å². The van der Waals surface area contributed by atoms with Crippen molar-refractivity contribution in [1.82, 2.24) is 16.0 Å². The van der Waals surface area contributed by atoms with Crippen molar-refractivity contribution < 1.29 is 53.9 Å². The molecule has 0 aliphatic carbocycles. The Balaban J connectivity index is 2.65. The van der Waals surface area contributed by atoms with Gasteiger partial charge < -0.3 is 51.6 Å². The van der Waals surface area contributed by atoms with E-state index < -0.39 is 85.5 Å². The second-order valence-electron chi connectivity index (χ2n) is 7.43. The number of nitrogens with two attached hydrogens (primary N) is 1. The quantitative estimate of drug-likeness (QED) is 0.0886. The lowest BCUT2D eigenvalue weighted by atomic mass is 9.97. The van der Waals surface area contributed by atoms with Crippen molar-refractivity contribution in [2.75, 3.05) is 18.9 Å². The van der Waals surface area contributed by atoms with Crippen LogP contribution >= 0.6 is 12.6 Å². The second-order valence-corrected chi connectivity index (χ2v) is 7.79. The number of thiol groups is 1. The van der Waals surface area contributed by atoms with Gasteiger partial charge in [0.05, 0.1) is 6.61 Å². The van der Waals surface area contributed by atoms with Crippen LogP contribution in [0.25, 0.3) is 0 Å². The smallest absolute Gasteiger partial charge is 0.325 e. The van der Waals surface area contributed by atoms with E-state index in [0.717, 1.165) is 6.92 Å². The van der Waals surface area contributed by atoms with Gasteiger partial charge in [-0.3, -0.25) is 24.0 Å². The van der Waals surface area contributed by atoms with Crippen LogP contribution in [0.5, 0.6) is 0 Å². The molecule has 1 aliphatic rings. The number of aliphatic hydroxyl groups is 3. The molecule has 16 heteroatoms. The molecule has 0 aromatic rings. The Kier molecular flexibility index (Phi) is 12.2. The number of aliphatic hydroxyl groups excluding tert-OH is 3. The zero-order chi connectivity index (χ0) is 26.0. The average molecular weight is 511 g/mol. The Morgan fingerprint density at radius 1 is 1.18 bits per heavy atom. The zero-order valence-electron chi connectivity index (χ0n) is 18.2. The van der Waals surface area contributed by atoms with E-state index in [2.05, 4.69) is 28.6 Å². The lowest BCUT2D eigenvalue weighted by Crippen LogP contribution is -2.65. The van der Waals surface area contributed by atoms with E-state index in [4.69, 9.17) is 20.3 Å². The maximum Gasteiger partial charge on any atom is 0.325 e. The van der Waals surface area contributed by atoms with Gasteiger partial charge in [-0.15, -0.1) is 0 Å². The zero-order valence-corrected chi connectivity index (χ0v) is 19.1. The fourth-order valence-corrected chi connectivity index (χ4v) is 3.18.